The van der Waals surface area contributed by atoms with Crippen molar-refractivity contribution in [2.24, 2.45) is 7.05 Å². The first kappa shape index (κ1) is 11.9. The molecule has 2 rings (SSSR count). The molecule has 0 radical (unpaired) electrons. The van der Waals surface area contributed by atoms with Crippen molar-refractivity contribution in [3.05, 3.63) is 35.9 Å². The third kappa shape index (κ3) is 2.22. The highest BCUT2D eigenvalue weighted by atomic mass is 16.2. The van der Waals surface area contributed by atoms with Crippen molar-refractivity contribution in [1.82, 2.24) is 24.9 Å². The Kier molecular flexibility index (Phi) is 3.10. The lowest BCUT2D eigenvalue weighted by atomic mass is 10.3. The summed E-state index contributed by atoms with van der Waals surface area (Å²) in [6.07, 6.45) is 2.33. The summed E-state index contributed by atoms with van der Waals surface area (Å²) in [6.45, 7) is 1.80. The van der Waals surface area contributed by atoms with Gasteiger partial charge in [0.15, 0.2) is 0 Å². The van der Waals surface area contributed by atoms with Gasteiger partial charge in [0.1, 0.15) is 11.8 Å². The minimum Gasteiger partial charge on any atom is -0.317 e. The number of nitriles is 1. The molecule has 0 saturated carbocycles. The molecule has 0 saturated heterocycles. The van der Waals surface area contributed by atoms with Crippen LogP contribution in [0.3, 0.4) is 0 Å². The monoisotopic (exact) mass is 244 g/mol. The maximum absolute atomic E-state index is 12.0. The highest BCUT2D eigenvalue weighted by molar-refractivity contribution is 5.92. The van der Waals surface area contributed by atoms with E-state index < -0.39 is 6.17 Å². The Balaban J connectivity index is 2.16. The molecule has 1 atom stereocenters. The zero-order valence-corrected chi connectivity index (χ0v) is 10.0. The Morgan fingerprint density at radius 2 is 2.39 bits per heavy atom. The summed E-state index contributed by atoms with van der Waals surface area (Å²) >= 11 is 0. The van der Waals surface area contributed by atoms with E-state index in [9.17, 15) is 4.79 Å². The molecule has 0 bridgehead atoms. The molecule has 0 aliphatic heterocycles. The van der Waals surface area contributed by atoms with Gasteiger partial charge in [0, 0.05) is 19.4 Å². The van der Waals surface area contributed by atoms with Gasteiger partial charge in [0.05, 0.1) is 5.69 Å². The highest BCUT2D eigenvalue weighted by Gasteiger charge is 2.17. The number of carbonyl (C=O) groups is 1. The average Bonchev–Trinajstić information content (AvgIpc) is 2.95. The fourth-order valence-electron chi connectivity index (χ4n) is 1.61. The zero-order chi connectivity index (χ0) is 13.1. The molecule has 0 spiro atoms. The Hall–Kier alpha value is -2.62. The van der Waals surface area contributed by atoms with Gasteiger partial charge in [-0.1, -0.05) is 0 Å². The van der Waals surface area contributed by atoms with Gasteiger partial charge in [-0.25, -0.2) is 4.68 Å². The van der Waals surface area contributed by atoms with Crippen molar-refractivity contribution in [2.45, 2.75) is 13.1 Å². The Labute approximate surface area is 104 Å². The van der Waals surface area contributed by atoms with E-state index in [1.54, 1.807) is 38.5 Å². The van der Waals surface area contributed by atoms with Crippen LogP contribution in [0, 0.1) is 18.3 Å². The SMILES string of the molecule is Cc1cc(C(=O)NC(C#N)n2cccn2)n(C)n1. The number of carbonyl (C=O) groups excluding carboxylic acids is 1. The lowest BCUT2D eigenvalue weighted by Crippen LogP contribution is -2.32. The van der Waals surface area contributed by atoms with Gasteiger partial charge in [0.2, 0.25) is 6.17 Å². The van der Waals surface area contributed by atoms with Gasteiger partial charge in [-0.3, -0.25) is 9.48 Å². The summed E-state index contributed by atoms with van der Waals surface area (Å²) < 4.78 is 2.85. The number of aryl methyl sites for hydroxylation is 2. The molecule has 2 aromatic rings. The zero-order valence-electron chi connectivity index (χ0n) is 10.0. The Morgan fingerprint density at radius 1 is 1.61 bits per heavy atom. The highest BCUT2D eigenvalue weighted by Crippen LogP contribution is 2.05. The minimum atomic E-state index is -0.831. The van der Waals surface area contributed by atoms with Crippen molar-refractivity contribution in [2.75, 3.05) is 0 Å². The lowest BCUT2D eigenvalue weighted by molar-refractivity contribution is 0.0921. The summed E-state index contributed by atoms with van der Waals surface area (Å²) in [5, 5.41) is 19.6. The van der Waals surface area contributed by atoms with Crippen LogP contribution in [-0.4, -0.2) is 25.5 Å². The molecule has 1 unspecified atom stereocenters. The first-order valence-electron chi connectivity index (χ1n) is 5.32. The van der Waals surface area contributed by atoms with Gasteiger partial charge < -0.3 is 5.32 Å². The average molecular weight is 244 g/mol. The number of amides is 1. The molecule has 1 N–H and O–H groups in total. The maximum Gasteiger partial charge on any atom is 0.271 e. The molecule has 92 valence electrons. The number of aromatic nitrogens is 4. The maximum atomic E-state index is 12.0. The Morgan fingerprint density at radius 3 is 2.89 bits per heavy atom. The predicted octanol–water partition coefficient (Wildman–Crippen LogP) is 0.377. The normalized spacial score (nSPS) is 11.8. The largest absolute Gasteiger partial charge is 0.317 e. The number of hydrogen-bond acceptors (Lipinski definition) is 4. The van der Waals surface area contributed by atoms with Crippen LogP contribution in [0.4, 0.5) is 0 Å². The van der Waals surface area contributed by atoms with Crippen LogP contribution in [-0.2, 0) is 7.05 Å². The quantitative estimate of drug-likeness (QED) is 0.845. The molecule has 0 fully saturated rings. The molecule has 0 aliphatic carbocycles. The second-order valence-electron chi connectivity index (χ2n) is 3.79. The standard InChI is InChI=1S/C11H12N6O/c1-8-6-9(16(2)15-8)11(18)14-10(7-12)17-5-3-4-13-17/h3-6,10H,1-2H3,(H,14,18). The third-order valence-corrected chi connectivity index (χ3v) is 2.41. The van der Waals surface area contributed by atoms with E-state index in [2.05, 4.69) is 15.5 Å². The molecule has 18 heavy (non-hydrogen) atoms. The van der Waals surface area contributed by atoms with Crippen LogP contribution in [0.5, 0.6) is 0 Å². The molecule has 2 heterocycles. The summed E-state index contributed by atoms with van der Waals surface area (Å²) in [6, 6.07) is 5.32. The number of rotatable bonds is 3. The van der Waals surface area contributed by atoms with Crippen molar-refractivity contribution in [3.63, 3.8) is 0 Å². The van der Waals surface area contributed by atoms with Gasteiger partial charge in [-0.15, -0.1) is 0 Å². The summed E-state index contributed by atoms with van der Waals surface area (Å²) in [5.41, 5.74) is 1.15. The van der Waals surface area contributed by atoms with Crippen LogP contribution in [0.2, 0.25) is 0 Å². The van der Waals surface area contributed by atoms with Crippen molar-refractivity contribution in [3.8, 4) is 6.07 Å². The van der Waals surface area contributed by atoms with E-state index >= 15 is 0 Å². The van der Waals surface area contributed by atoms with Gasteiger partial charge >= 0.3 is 0 Å². The number of hydrogen-bond donors (Lipinski definition) is 1. The summed E-state index contributed by atoms with van der Waals surface area (Å²) in [4.78, 5) is 12.0. The molecule has 2 aromatic heterocycles. The molecule has 0 aromatic carbocycles. The van der Waals surface area contributed by atoms with Crippen LogP contribution in [0.1, 0.15) is 22.3 Å². The van der Waals surface area contributed by atoms with E-state index in [1.807, 2.05) is 6.07 Å². The molecular weight excluding hydrogens is 232 g/mol. The van der Waals surface area contributed by atoms with Gasteiger partial charge in [-0.2, -0.15) is 15.5 Å². The second kappa shape index (κ2) is 4.71. The smallest absolute Gasteiger partial charge is 0.271 e. The van der Waals surface area contributed by atoms with Crippen LogP contribution in [0.25, 0.3) is 0 Å². The minimum absolute atomic E-state index is 0.361. The van der Waals surface area contributed by atoms with Crippen molar-refractivity contribution >= 4 is 5.91 Å². The first-order valence-corrected chi connectivity index (χ1v) is 5.32. The fraction of sp³-hybridized carbons (Fsp3) is 0.273. The predicted molar refractivity (Wildman–Crippen MR) is 62.3 cm³/mol. The van der Waals surface area contributed by atoms with Gasteiger partial charge in [-0.05, 0) is 19.1 Å². The first-order chi connectivity index (χ1) is 8.61. The van der Waals surface area contributed by atoms with Crippen LogP contribution >= 0.6 is 0 Å². The topological polar surface area (TPSA) is 88.5 Å². The summed E-state index contributed by atoms with van der Waals surface area (Å²) in [5.74, 6) is -0.361. The number of nitrogens with one attached hydrogen (secondary N) is 1. The van der Waals surface area contributed by atoms with Crippen LogP contribution in [0.15, 0.2) is 24.5 Å². The molecule has 1 amide bonds. The molecule has 0 aliphatic rings. The van der Waals surface area contributed by atoms with E-state index in [1.165, 1.54) is 9.36 Å². The number of nitrogens with zero attached hydrogens (tertiary/aromatic N) is 5. The van der Waals surface area contributed by atoms with E-state index in [0.29, 0.717) is 5.69 Å². The van der Waals surface area contributed by atoms with Crippen molar-refractivity contribution < 1.29 is 4.79 Å². The lowest BCUT2D eigenvalue weighted by Gasteiger charge is -2.11. The van der Waals surface area contributed by atoms with E-state index in [0.717, 1.165) is 5.69 Å². The van der Waals surface area contributed by atoms with Crippen LogP contribution < -0.4 is 5.32 Å². The molecule has 7 nitrogen and oxygen atoms in total. The third-order valence-electron chi connectivity index (χ3n) is 2.41. The van der Waals surface area contributed by atoms with Gasteiger partial charge in [0.25, 0.3) is 5.91 Å². The summed E-state index contributed by atoms with van der Waals surface area (Å²) in [7, 11) is 1.68. The molecular formula is C11H12N6O. The molecule has 7 heteroatoms. The Bertz CT molecular complexity index is 592. The fourth-order valence-corrected chi connectivity index (χ4v) is 1.61. The van der Waals surface area contributed by atoms with E-state index in [4.69, 9.17) is 5.26 Å². The van der Waals surface area contributed by atoms with E-state index in [-0.39, 0.29) is 5.91 Å². The second-order valence-corrected chi connectivity index (χ2v) is 3.79. The van der Waals surface area contributed by atoms with Crippen molar-refractivity contribution in [1.29, 1.82) is 5.26 Å².